The molecule has 5 heavy (non-hydrogen) atoms. The van der Waals surface area contributed by atoms with E-state index >= 15 is 0 Å². The molecule has 0 aromatic carbocycles. The molecule has 0 aliphatic carbocycles. The standard InChI is InChI=1S/CO2.Fe.O/c2-1-3;;. The van der Waals surface area contributed by atoms with Gasteiger partial charge < -0.3 is 0 Å². The normalized spacial score (nSPS) is 2.60. The molecule has 0 spiro atoms. The monoisotopic (exact) mass is 116 g/mol. The van der Waals surface area contributed by atoms with Gasteiger partial charge in [-0.3, -0.25) is 0 Å². The van der Waals surface area contributed by atoms with Crippen molar-refractivity contribution in [3.63, 3.8) is 0 Å². The van der Waals surface area contributed by atoms with Gasteiger partial charge in [0.15, 0.2) is 0 Å². The van der Waals surface area contributed by atoms with Gasteiger partial charge >= 0.3 is 25.9 Å². The Morgan fingerprint density at radius 2 is 1.20 bits per heavy atom. The first-order chi connectivity index (χ1) is 2.41. The Bertz CT molecular complexity index is 36.2. The van der Waals surface area contributed by atoms with Crippen molar-refractivity contribution in [2.75, 3.05) is 0 Å². The summed E-state index contributed by atoms with van der Waals surface area (Å²) in [5.74, 6) is 0. The average Bonchev–Trinajstić information content (AvgIpc) is 1.46. The van der Waals surface area contributed by atoms with Crippen LogP contribution in [0.1, 0.15) is 0 Å². The van der Waals surface area contributed by atoms with Crippen LogP contribution in [0.25, 0.3) is 0 Å². The molecule has 0 unspecified atom stereocenters. The zero-order valence-electron chi connectivity index (χ0n) is 2.08. The van der Waals surface area contributed by atoms with Crippen molar-refractivity contribution in [1.82, 2.24) is 0 Å². The fourth-order valence-corrected chi connectivity index (χ4v) is 0. The third-order valence-electron chi connectivity index (χ3n) is 0. The van der Waals surface area contributed by atoms with E-state index < -0.39 is 0 Å². The summed E-state index contributed by atoms with van der Waals surface area (Å²) in [6, 6.07) is 0. The molecule has 0 aromatic rings. The van der Waals surface area contributed by atoms with Gasteiger partial charge in [0, 0.05) is 0 Å². The van der Waals surface area contributed by atoms with Gasteiger partial charge in [-0.25, -0.2) is 0 Å². The molecule has 4 heteroatoms. The SMILES string of the molecule is O=C=O.[O]=[Fe]. The van der Waals surface area contributed by atoms with Gasteiger partial charge in [-0.1, -0.05) is 0 Å². The van der Waals surface area contributed by atoms with Crippen molar-refractivity contribution in [1.29, 1.82) is 0 Å². The molecule has 0 radical (unpaired) electrons. The van der Waals surface area contributed by atoms with Crippen LogP contribution in [0.15, 0.2) is 0 Å². The number of hydrogen-bond donors (Lipinski definition) is 0. The topological polar surface area (TPSA) is 51.2 Å². The maximum atomic E-state index is 8.12. The molecule has 0 heterocycles. The van der Waals surface area contributed by atoms with Crippen molar-refractivity contribution in [3.8, 4) is 0 Å². The van der Waals surface area contributed by atoms with Gasteiger partial charge in [-0.15, -0.1) is 0 Å². The van der Waals surface area contributed by atoms with E-state index in [1.165, 1.54) is 0 Å². The molecular formula is CFeO3. The Morgan fingerprint density at radius 1 is 1.20 bits per heavy atom. The second-order valence-electron chi connectivity index (χ2n) is 0.0833. The molecule has 0 N–H and O–H groups in total. The van der Waals surface area contributed by atoms with Gasteiger partial charge in [0.2, 0.25) is 0 Å². The van der Waals surface area contributed by atoms with Crippen LogP contribution >= 0.6 is 0 Å². The predicted molar refractivity (Wildman–Crippen MR) is 5.69 cm³/mol. The second-order valence-corrected chi connectivity index (χ2v) is 0.0833. The molecule has 0 atom stereocenters. The molecule has 0 rings (SSSR count). The van der Waals surface area contributed by atoms with E-state index in [0.29, 0.717) is 0 Å². The first-order valence-electron chi connectivity index (χ1n) is 0.553. The Morgan fingerprint density at radius 3 is 1.20 bits per heavy atom. The zero-order chi connectivity index (χ0) is 4.71. The summed E-state index contributed by atoms with van der Waals surface area (Å²) in [7, 11) is 0. The Kier molecular flexibility index (Phi) is 97.3. The summed E-state index contributed by atoms with van der Waals surface area (Å²) in [5.41, 5.74) is 0. The molecule has 0 saturated heterocycles. The van der Waals surface area contributed by atoms with Crippen molar-refractivity contribution in [2.24, 2.45) is 0 Å². The quantitative estimate of drug-likeness (QED) is 0.393. The Hall–Kier alpha value is -0.301. The Labute approximate surface area is 36.4 Å². The number of rotatable bonds is 0. The van der Waals surface area contributed by atoms with E-state index in [4.69, 9.17) is 13.4 Å². The maximum absolute atomic E-state index is 8.12. The minimum absolute atomic E-state index is 0.250. The summed E-state index contributed by atoms with van der Waals surface area (Å²) in [5, 5.41) is 0. The molecule has 0 saturated carbocycles. The molecule has 0 aromatic heterocycles. The second kappa shape index (κ2) is 55.1. The summed E-state index contributed by atoms with van der Waals surface area (Å²) in [6.07, 6.45) is 0.250. The summed E-state index contributed by atoms with van der Waals surface area (Å²) < 4.78 is 8.00. The third-order valence-corrected chi connectivity index (χ3v) is 0. The van der Waals surface area contributed by atoms with Crippen LogP contribution in [-0.4, -0.2) is 6.15 Å². The van der Waals surface area contributed by atoms with Gasteiger partial charge in [0.05, 0.1) is 0 Å². The van der Waals surface area contributed by atoms with E-state index in [9.17, 15) is 0 Å². The van der Waals surface area contributed by atoms with Crippen molar-refractivity contribution in [2.45, 2.75) is 0 Å². The molecule has 0 aliphatic heterocycles. The summed E-state index contributed by atoms with van der Waals surface area (Å²) in [6.45, 7) is 0. The fourth-order valence-electron chi connectivity index (χ4n) is 0. The predicted octanol–water partition coefficient (Wildman–Crippen LogP) is -0.705. The van der Waals surface area contributed by atoms with Crippen LogP contribution in [0.4, 0.5) is 0 Å². The summed E-state index contributed by atoms with van der Waals surface area (Å²) in [4.78, 5) is 16.2. The van der Waals surface area contributed by atoms with E-state index in [-0.39, 0.29) is 6.15 Å². The molecule has 0 amide bonds. The van der Waals surface area contributed by atoms with Gasteiger partial charge in [0.25, 0.3) is 0 Å². The first kappa shape index (κ1) is 8.83. The van der Waals surface area contributed by atoms with E-state index in [0.717, 1.165) is 0 Å². The van der Waals surface area contributed by atoms with E-state index in [1.807, 2.05) is 15.9 Å². The van der Waals surface area contributed by atoms with E-state index in [1.54, 1.807) is 0 Å². The van der Waals surface area contributed by atoms with Crippen molar-refractivity contribution in [3.05, 3.63) is 0 Å². The molecule has 30 valence electrons. The van der Waals surface area contributed by atoms with Crippen molar-refractivity contribution >= 4 is 6.15 Å². The molecular weight excluding hydrogens is 116 g/mol. The van der Waals surface area contributed by atoms with Crippen LogP contribution < -0.4 is 0 Å². The molecule has 0 aliphatic rings. The van der Waals surface area contributed by atoms with Gasteiger partial charge in [-0.05, 0) is 0 Å². The fraction of sp³-hybridized carbons (Fsp3) is 0. The molecule has 3 nitrogen and oxygen atoms in total. The van der Waals surface area contributed by atoms with Crippen molar-refractivity contribution < 1.29 is 29.4 Å². The Balaban J connectivity index is 0. The van der Waals surface area contributed by atoms with Crippen LogP contribution in [-0.2, 0) is 29.4 Å². The molecule has 0 bridgehead atoms. The number of carbonyl (C=O) groups excluding carboxylic acids is 2. The van der Waals surface area contributed by atoms with Crippen LogP contribution in [0.2, 0.25) is 0 Å². The van der Waals surface area contributed by atoms with Crippen LogP contribution in [0, 0.1) is 0 Å². The van der Waals surface area contributed by atoms with Gasteiger partial charge in [0.1, 0.15) is 0 Å². The average molecular weight is 116 g/mol. The summed E-state index contributed by atoms with van der Waals surface area (Å²) >= 11 is 2.00. The molecule has 0 fully saturated rings. The number of hydrogen-bond acceptors (Lipinski definition) is 3. The minimum atomic E-state index is 0.250. The van der Waals surface area contributed by atoms with Crippen LogP contribution in [0.3, 0.4) is 0 Å². The first-order valence-corrected chi connectivity index (χ1v) is 1.00. The zero-order valence-corrected chi connectivity index (χ0v) is 3.18. The van der Waals surface area contributed by atoms with Crippen LogP contribution in [0.5, 0.6) is 0 Å². The van der Waals surface area contributed by atoms with E-state index in [2.05, 4.69) is 0 Å². The van der Waals surface area contributed by atoms with Gasteiger partial charge in [-0.2, -0.15) is 9.59 Å². The third kappa shape index (κ3) is 118.